The number of aryl methyl sites for hydroxylation is 2. The van der Waals surface area contributed by atoms with E-state index >= 15 is 0 Å². The number of aromatic nitrogens is 1. The van der Waals surface area contributed by atoms with Gasteiger partial charge in [0.25, 0.3) is 11.5 Å². The first kappa shape index (κ1) is 19.2. The summed E-state index contributed by atoms with van der Waals surface area (Å²) in [7, 11) is 0. The van der Waals surface area contributed by atoms with Gasteiger partial charge in [0.05, 0.1) is 0 Å². The Morgan fingerprint density at radius 3 is 2.81 bits per heavy atom. The molecule has 0 atom stereocenters. The number of carbonyl (C=O) groups is 1. The van der Waals surface area contributed by atoms with Gasteiger partial charge < -0.3 is 15.2 Å². The first-order chi connectivity index (χ1) is 12.9. The number of amides is 1. The number of rotatable bonds is 6. The number of nitrogens with one attached hydrogen (secondary N) is 2. The van der Waals surface area contributed by atoms with Crippen molar-refractivity contribution in [2.75, 3.05) is 11.4 Å². The number of hydrogen-bond donors (Lipinski definition) is 2. The molecule has 1 aliphatic rings. The van der Waals surface area contributed by atoms with Gasteiger partial charge in [-0.25, -0.2) is 0 Å². The number of pyridine rings is 1. The lowest BCUT2D eigenvalue weighted by Crippen LogP contribution is -2.29. The summed E-state index contributed by atoms with van der Waals surface area (Å²) in [6.07, 6.45) is 2.67. The van der Waals surface area contributed by atoms with E-state index < -0.39 is 0 Å². The first-order valence-corrected chi connectivity index (χ1v) is 9.80. The van der Waals surface area contributed by atoms with Crippen LogP contribution in [0, 0.1) is 6.92 Å². The minimum atomic E-state index is -0.111. The van der Waals surface area contributed by atoms with Gasteiger partial charge in [-0.15, -0.1) is 0 Å². The van der Waals surface area contributed by atoms with Crippen LogP contribution in [0.15, 0.2) is 29.1 Å². The lowest BCUT2D eigenvalue weighted by Gasteiger charge is -2.24. The molecule has 1 aromatic carbocycles. The largest absolute Gasteiger partial charge is 0.369 e. The van der Waals surface area contributed by atoms with Gasteiger partial charge in [-0.2, -0.15) is 0 Å². The van der Waals surface area contributed by atoms with Crippen LogP contribution in [-0.4, -0.2) is 23.5 Å². The summed E-state index contributed by atoms with van der Waals surface area (Å²) in [5, 5.41) is 2.97. The van der Waals surface area contributed by atoms with E-state index in [0.29, 0.717) is 11.6 Å². The average Bonchev–Trinajstić information content (AvgIpc) is 3.05. The second-order valence-corrected chi connectivity index (χ2v) is 7.56. The fourth-order valence-electron chi connectivity index (χ4n) is 3.94. The molecular weight excluding hydrogens is 338 g/mol. The van der Waals surface area contributed by atoms with E-state index in [-0.39, 0.29) is 18.0 Å². The summed E-state index contributed by atoms with van der Waals surface area (Å²) in [5.41, 5.74) is 5.40. The number of carbonyl (C=O) groups excluding carboxylic acids is 1. The number of nitrogens with zero attached hydrogens (tertiary/aromatic N) is 1. The van der Waals surface area contributed by atoms with Gasteiger partial charge >= 0.3 is 0 Å². The number of fused-ring (bicyclic) bond motifs is 1. The lowest BCUT2D eigenvalue weighted by atomic mass is 10.0. The highest BCUT2D eigenvalue weighted by molar-refractivity contribution is 5.97. The molecule has 2 aromatic rings. The maximum atomic E-state index is 12.9. The highest BCUT2D eigenvalue weighted by atomic mass is 16.1. The van der Waals surface area contributed by atoms with Crippen LogP contribution in [0.1, 0.15) is 59.9 Å². The summed E-state index contributed by atoms with van der Waals surface area (Å²) in [6.45, 7) is 9.50. The van der Waals surface area contributed by atoms with Crippen LogP contribution in [-0.2, 0) is 19.4 Å². The second-order valence-electron chi connectivity index (χ2n) is 7.56. The predicted octanol–water partition coefficient (Wildman–Crippen LogP) is 3.34. The van der Waals surface area contributed by atoms with Crippen molar-refractivity contribution in [2.24, 2.45) is 0 Å². The summed E-state index contributed by atoms with van der Waals surface area (Å²) in [6, 6.07) is 8.32. The quantitative estimate of drug-likeness (QED) is 0.823. The summed E-state index contributed by atoms with van der Waals surface area (Å²) in [4.78, 5) is 30.4. The Kier molecular flexibility index (Phi) is 5.68. The Hall–Kier alpha value is -2.56. The van der Waals surface area contributed by atoms with E-state index in [1.54, 1.807) is 0 Å². The molecule has 0 fully saturated rings. The standard InChI is InChI=1S/C22H29N3O2/c1-5-7-16-12-15(4)24-22(27)19(16)13-23-21(26)18-8-6-9-20-17(18)10-11-25(20)14(2)3/h6,8-9,12,14H,5,7,10-11,13H2,1-4H3,(H,23,26)(H,24,27). The lowest BCUT2D eigenvalue weighted by molar-refractivity contribution is 0.0950. The minimum Gasteiger partial charge on any atom is -0.369 e. The van der Waals surface area contributed by atoms with Crippen LogP contribution < -0.4 is 15.8 Å². The molecule has 0 aliphatic carbocycles. The summed E-state index contributed by atoms with van der Waals surface area (Å²) < 4.78 is 0. The Labute approximate surface area is 160 Å². The average molecular weight is 367 g/mol. The van der Waals surface area contributed by atoms with Crippen LogP contribution in [0.4, 0.5) is 5.69 Å². The number of anilines is 1. The van der Waals surface area contributed by atoms with Crippen LogP contribution in [0.3, 0.4) is 0 Å². The van der Waals surface area contributed by atoms with Crippen LogP contribution in [0.5, 0.6) is 0 Å². The Morgan fingerprint density at radius 2 is 2.11 bits per heavy atom. The highest BCUT2D eigenvalue weighted by Crippen LogP contribution is 2.32. The zero-order valence-corrected chi connectivity index (χ0v) is 16.7. The van der Waals surface area contributed by atoms with Gasteiger partial charge in [0, 0.05) is 41.6 Å². The first-order valence-electron chi connectivity index (χ1n) is 9.80. The van der Waals surface area contributed by atoms with Crippen LogP contribution in [0.2, 0.25) is 0 Å². The fraction of sp³-hybridized carbons (Fsp3) is 0.455. The maximum absolute atomic E-state index is 12.9. The van der Waals surface area contributed by atoms with Gasteiger partial charge in [-0.3, -0.25) is 9.59 Å². The summed E-state index contributed by atoms with van der Waals surface area (Å²) >= 11 is 0. The molecular formula is C22H29N3O2. The van der Waals surface area contributed by atoms with Gasteiger partial charge in [-0.1, -0.05) is 19.4 Å². The molecule has 5 nitrogen and oxygen atoms in total. The number of hydrogen-bond acceptors (Lipinski definition) is 3. The summed E-state index contributed by atoms with van der Waals surface area (Å²) in [5.74, 6) is -0.111. The van der Waals surface area contributed by atoms with Gasteiger partial charge in [0.2, 0.25) is 0 Å². The molecule has 3 rings (SSSR count). The maximum Gasteiger partial charge on any atom is 0.253 e. The van der Waals surface area contributed by atoms with Gasteiger partial charge in [0.15, 0.2) is 0 Å². The van der Waals surface area contributed by atoms with Gasteiger partial charge in [-0.05, 0) is 62.9 Å². The van der Waals surface area contributed by atoms with Crippen molar-refractivity contribution < 1.29 is 4.79 Å². The molecule has 1 aliphatic heterocycles. The van der Waals surface area contributed by atoms with E-state index in [0.717, 1.165) is 53.9 Å². The Balaban J connectivity index is 1.82. The van der Waals surface area contributed by atoms with Crippen molar-refractivity contribution in [1.29, 1.82) is 0 Å². The van der Waals surface area contributed by atoms with Crippen molar-refractivity contribution in [2.45, 2.75) is 59.5 Å². The Morgan fingerprint density at radius 1 is 1.33 bits per heavy atom. The van der Waals surface area contributed by atoms with E-state index in [9.17, 15) is 9.59 Å². The van der Waals surface area contributed by atoms with E-state index in [1.165, 1.54) is 0 Å². The van der Waals surface area contributed by atoms with Crippen LogP contribution >= 0.6 is 0 Å². The molecule has 1 amide bonds. The molecule has 0 saturated heterocycles. The molecule has 0 radical (unpaired) electrons. The smallest absolute Gasteiger partial charge is 0.253 e. The number of benzene rings is 1. The zero-order chi connectivity index (χ0) is 19.6. The molecule has 2 N–H and O–H groups in total. The Bertz CT molecular complexity index is 899. The fourth-order valence-corrected chi connectivity index (χ4v) is 3.94. The molecule has 0 spiro atoms. The number of H-pyrrole nitrogens is 1. The highest BCUT2D eigenvalue weighted by Gasteiger charge is 2.25. The molecule has 0 bridgehead atoms. The third-order valence-electron chi connectivity index (χ3n) is 5.24. The van der Waals surface area contributed by atoms with Crippen LogP contribution in [0.25, 0.3) is 0 Å². The molecule has 5 heteroatoms. The predicted molar refractivity (Wildman–Crippen MR) is 110 cm³/mol. The molecule has 2 heterocycles. The van der Waals surface area contributed by atoms with Crippen molar-refractivity contribution in [1.82, 2.24) is 10.3 Å². The zero-order valence-electron chi connectivity index (χ0n) is 16.7. The number of aromatic amines is 1. The second kappa shape index (κ2) is 7.99. The monoisotopic (exact) mass is 367 g/mol. The van der Waals surface area contributed by atoms with Crippen molar-refractivity contribution >= 4 is 11.6 Å². The molecule has 144 valence electrons. The third-order valence-corrected chi connectivity index (χ3v) is 5.24. The van der Waals surface area contributed by atoms with Gasteiger partial charge in [0.1, 0.15) is 0 Å². The molecule has 0 saturated carbocycles. The van der Waals surface area contributed by atoms with Crippen molar-refractivity contribution in [3.63, 3.8) is 0 Å². The topological polar surface area (TPSA) is 65.2 Å². The minimum absolute atomic E-state index is 0.108. The molecule has 1 aromatic heterocycles. The molecule has 27 heavy (non-hydrogen) atoms. The van der Waals surface area contributed by atoms with E-state index in [2.05, 4.69) is 42.0 Å². The normalized spacial score (nSPS) is 13.1. The SMILES string of the molecule is CCCc1cc(C)[nH]c(=O)c1CNC(=O)c1cccc2c1CCN2C(C)C. The third kappa shape index (κ3) is 3.92. The van der Waals surface area contributed by atoms with Crippen molar-refractivity contribution in [3.8, 4) is 0 Å². The van der Waals surface area contributed by atoms with E-state index in [1.807, 2.05) is 25.1 Å². The van der Waals surface area contributed by atoms with Crippen molar-refractivity contribution in [3.05, 3.63) is 62.6 Å². The molecule has 0 unspecified atom stereocenters. The van der Waals surface area contributed by atoms with E-state index in [4.69, 9.17) is 0 Å².